The quantitative estimate of drug-likeness (QED) is 0.464. The number of hydrogen-bond donors (Lipinski definition) is 2. The van der Waals surface area contributed by atoms with Crippen LogP contribution in [-0.2, 0) is 40.0 Å². The predicted octanol–water partition coefficient (Wildman–Crippen LogP) is 4.07. The summed E-state index contributed by atoms with van der Waals surface area (Å²) in [6.45, 7) is 0.344. The number of rotatable bonds is 12. The Balaban J connectivity index is 1.00. The molecule has 2 aromatic rings. The van der Waals surface area contributed by atoms with Gasteiger partial charge in [-0.05, 0) is 99.8 Å². The second-order valence-electron chi connectivity index (χ2n) is 11.0. The zero-order valence-corrected chi connectivity index (χ0v) is 21.0. The molecule has 0 saturated heterocycles. The summed E-state index contributed by atoms with van der Waals surface area (Å²) in [5.41, 5.74) is 4.45. The van der Waals surface area contributed by atoms with Crippen LogP contribution in [0.2, 0.25) is 0 Å². The smallest absolute Gasteiger partial charge is 0.326 e. The lowest BCUT2D eigenvalue weighted by Crippen LogP contribution is -2.45. The molecule has 2 aromatic heterocycles. The third-order valence-electron chi connectivity index (χ3n) is 8.20. The van der Waals surface area contributed by atoms with Crippen molar-refractivity contribution >= 4 is 11.9 Å². The Hall–Kier alpha value is -2.80. The van der Waals surface area contributed by atoms with Crippen molar-refractivity contribution in [2.75, 3.05) is 6.61 Å². The zero-order valence-electron chi connectivity index (χ0n) is 21.0. The molecule has 0 aromatic carbocycles. The van der Waals surface area contributed by atoms with Crippen LogP contribution >= 0.6 is 0 Å². The number of carboxylic acids is 1. The maximum Gasteiger partial charge on any atom is 0.326 e. The molecule has 36 heavy (non-hydrogen) atoms. The number of amides is 1. The van der Waals surface area contributed by atoms with Crippen molar-refractivity contribution in [3.63, 3.8) is 0 Å². The minimum Gasteiger partial charge on any atom is -0.480 e. The van der Waals surface area contributed by atoms with Gasteiger partial charge in [0.05, 0.1) is 11.5 Å². The first-order valence-corrected chi connectivity index (χ1v) is 13.5. The van der Waals surface area contributed by atoms with Gasteiger partial charge in [0.15, 0.2) is 0 Å². The van der Waals surface area contributed by atoms with E-state index in [1.54, 1.807) is 12.4 Å². The van der Waals surface area contributed by atoms with Crippen LogP contribution in [0.1, 0.15) is 73.9 Å². The number of hydrogen-bond acceptors (Lipinski definition) is 5. The molecule has 1 amide bonds. The van der Waals surface area contributed by atoms with Gasteiger partial charge >= 0.3 is 5.97 Å². The molecule has 2 fully saturated rings. The molecule has 7 nitrogen and oxygen atoms in total. The molecule has 0 bridgehead atoms. The summed E-state index contributed by atoms with van der Waals surface area (Å²) in [4.78, 5) is 33.7. The van der Waals surface area contributed by atoms with Crippen molar-refractivity contribution in [3.05, 3.63) is 59.2 Å². The van der Waals surface area contributed by atoms with Crippen molar-refractivity contribution in [2.24, 2.45) is 11.3 Å². The molecular weight excluding hydrogens is 454 g/mol. The van der Waals surface area contributed by atoms with Crippen molar-refractivity contribution in [1.82, 2.24) is 15.3 Å². The Bertz CT molecular complexity index is 1060. The predicted molar refractivity (Wildman–Crippen MR) is 135 cm³/mol. The third kappa shape index (κ3) is 6.12. The van der Waals surface area contributed by atoms with Crippen LogP contribution in [0.3, 0.4) is 0 Å². The number of nitrogens with one attached hydrogen (secondary N) is 1. The molecule has 7 heteroatoms. The van der Waals surface area contributed by atoms with Gasteiger partial charge in [-0.2, -0.15) is 0 Å². The van der Waals surface area contributed by atoms with E-state index < -0.39 is 17.4 Å². The summed E-state index contributed by atoms with van der Waals surface area (Å²) in [6, 6.07) is 7.36. The van der Waals surface area contributed by atoms with E-state index in [1.165, 1.54) is 36.2 Å². The summed E-state index contributed by atoms with van der Waals surface area (Å²) in [7, 11) is 0. The van der Waals surface area contributed by atoms with E-state index in [4.69, 9.17) is 9.72 Å². The van der Waals surface area contributed by atoms with Crippen LogP contribution in [-0.4, -0.2) is 45.7 Å². The lowest BCUT2D eigenvalue weighted by atomic mass is 9.79. The molecule has 2 N–H and O–H groups in total. The van der Waals surface area contributed by atoms with Crippen molar-refractivity contribution in [3.8, 4) is 0 Å². The lowest BCUT2D eigenvalue weighted by Gasteiger charge is -2.35. The van der Waals surface area contributed by atoms with Crippen LogP contribution in [0, 0.1) is 11.3 Å². The summed E-state index contributed by atoms with van der Waals surface area (Å²) >= 11 is 0. The number of carbonyl (C=O) groups excluding carboxylic acids is 1. The number of fused-ring (bicyclic) bond motifs is 1. The number of aryl methyl sites for hydroxylation is 3. The molecule has 2 saturated carbocycles. The number of aliphatic carboxylic acids is 1. The van der Waals surface area contributed by atoms with Gasteiger partial charge in [-0.15, -0.1) is 0 Å². The molecule has 5 rings (SSSR count). The Morgan fingerprint density at radius 3 is 2.75 bits per heavy atom. The maximum atomic E-state index is 12.9. The van der Waals surface area contributed by atoms with Crippen LogP contribution in [0.15, 0.2) is 36.7 Å². The van der Waals surface area contributed by atoms with Gasteiger partial charge in [0, 0.05) is 36.8 Å². The molecule has 2 heterocycles. The monoisotopic (exact) mass is 491 g/mol. The van der Waals surface area contributed by atoms with Crippen LogP contribution < -0.4 is 5.32 Å². The Morgan fingerprint density at radius 2 is 2.00 bits per heavy atom. The molecule has 0 spiro atoms. The minimum atomic E-state index is -1.01. The third-order valence-corrected chi connectivity index (χ3v) is 8.20. The second kappa shape index (κ2) is 11.1. The fraction of sp³-hybridized carbons (Fsp3) is 0.586. The van der Waals surface area contributed by atoms with Crippen LogP contribution in [0.5, 0.6) is 0 Å². The standard InChI is InChI=1S/C29H37N3O4/c33-27(34)26(32-28(35)29(12-13-29)18-21-4-3-14-30-19-21)11-15-36-24-16-20(17-24)7-9-23-10-8-22-5-1-2-6-25(22)31-23/h3-4,8,10,14,19-20,24,26H,1-2,5-7,9,11-13,15-18H2,(H,32,35)(H,33,34). The first kappa shape index (κ1) is 24.9. The van der Waals surface area contributed by atoms with Gasteiger partial charge < -0.3 is 15.2 Å². The summed E-state index contributed by atoms with van der Waals surface area (Å²) in [6.07, 6.45) is 15.1. The number of carboxylic acid groups (broad SMARTS) is 1. The normalized spacial score (nSPS) is 22.7. The van der Waals surface area contributed by atoms with E-state index in [-0.39, 0.29) is 18.4 Å². The number of aromatic nitrogens is 2. The molecule has 0 aliphatic heterocycles. The molecule has 0 radical (unpaired) electrons. The highest BCUT2D eigenvalue weighted by molar-refractivity contribution is 5.89. The molecular formula is C29H37N3O4. The number of nitrogens with zero attached hydrogens (tertiary/aromatic N) is 2. The Morgan fingerprint density at radius 1 is 1.17 bits per heavy atom. The van der Waals surface area contributed by atoms with Crippen LogP contribution in [0.25, 0.3) is 0 Å². The molecule has 1 unspecified atom stereocenters. The van der Waals surface area contributed by atoms with E-state index in [2.05, 4.69) is 22.4 Å². The summed E-state index contributed by atoms with van der Waals surface area (Å²) < 4.78 is 5.96. The maximum absolute atomic E-state index is 12.9. The van der Waals surface area contributed by atoms with Crippen molar-refractivity contribution < 1.29 is 19.4 Å². The second-order valence-corrected chi connectivity index (χ2v) is 11.0. The van der Waals surface area contributed by atoms with E-state index in [0.717, 1.165) is 50.5 Å². The Labute approximate surface area is 213 Å². The number of ether oxygens (including phenoxy) is 1. The number of carbonyl (C=O) groups is 2. The lowest BCUT2D eigenvalue weighted by molar-refractivity contribution is -0.143. The highest BCUT2D eigenvalue weighted by atomic mass is 16.5. The van der Waals surface area contributed by atoms with Gasteiger partial charge in [-0.1, -0.05) is 12.1 Å². The Kier molecular flexibility index (Phi) is 7.65. The average Bonchev–Trinajstić information content (AvgIpc) is 3.65. The molecule has 1 atom stereocenters. The molecule has 3 aliphatic rings. The zero-order chi connectivity index (χ0) is 25.0. The van der Waals surface area contributed by atoms with E-state index in [0.29, 0.717) is 18.9 Å². The molecule has 3 aliphatic carbocycles. The van der Waals surface area contributed by atoms with Gasteiger partial charge in [-0.25, -0.2) is 4.79 Å². The summed E-state index contributed by atoms with van der Waals surface area (Å²) in [5.74, 6) is -0.531. The fourth-order valence-electron chi connectivity index (χ4n) is 5.61. The largest absolute Gasteiger partial charge is 0.480 e. The average molecular weight is 492 g/mol. The first-order valence-electron chi connectivity index (χ1n) is 13.5. The van der Waals surface area contributed by atoms with Crippen molar-refractivity contribution in [1.29, 1.82) is 0 Å². The van der Waals surface area contributed by atoms with Gasteiger partial charge in [0.2, 0.25) is 5.91 Å². The first-order chi connectivity index (χ1) is 17.5. The molecule has 192 valence electrons. The van der Waals surface area contributed by atoms with Gasteiger partial charge in [-0.3, -0.25) is 14.8 Å². The highest BCUT2D eigenvalue weighted by Gasteiger charge is 2.50. The van der Waals surface area contributed by atoms with Gasteiger partial charge in [0.25, 0.3) is 0 Å². The van der Waals surface area contributed by atoms with Crippen molar-refractivity contribution in [2.45, 2.75) is 89.2 Å². The minimum absolute atomic E-state index is 0.168. The topological polar surface area (TPSA) is 101 Å². The fourth-order valence-corrected chi connectivity index (χ4v) is 5.61. The van der Waals surface area contributed by atoms with E-state index in [9.17, 15) is 14.7 Å². The highest BCUT2D eigenvalue weighted by Crippen LogP contribution is 2.48. The van der Waals surface area contributed by atoms with E-state index in [1.807, 2.05) is 12.1 Å². The van der Waals surface area contributed by atoms with E-state index >= 15 is 0 Å². The van der Waals surface area contributed by atoms with Crippen LogP contribution in [0.4, 0.5) is 0 Å². The SMILES string of the molecule is O=C(O)C(CCOC1CC(CCc2ccc3c(n2)CCCC3)C1)NC(=O)C1(Cc2cccnc2)CC1. The summed E-state index contributed by atoms with van der Waals surface area (Å²) in [5, 5.41) is 12.4. The number of pyridine rings is 2. The van der Waals surface area contributed by atoms with Gasteiger partial charge in [0.1, 0.15) is 6.04 Å².